The van der Waals surface area contributed by atoms with E-state index in [1.807, 2.05) is 0 Å². The smallest absolute Gasteiger partial charge is 0.308 e. The molecule has 1 atom stereocenters. The first-order chi connectivity index (χ1) is 8.97. The van der Waals surface area contributed by atoms with Crippen molar-refractivity contribution in [1.29, 1.82) is 0 Å². The maximum atomic E-state index is 11.6. The number of hydrogen-bond acceptors (Lipinski definition) is 3. The second-order valence-electron chi connectivity index (χ2n) is 4.60. The molecular weight excluding hydrogens is 270 g/mol. The zero-order chi connectivity index (χ0) is 14.0. The third-order valence-electron chi connectivity index (χ3n) is 3.26. The number of carbonyl (C=O) groups excluding carboxylic acids is 1. The Kier molecular flexibility index (Phi) is 3.95. The molecule has 1 saturated heterocycles. The molecule has 0 bridgehead atoms. The number of benzene rings is 1. The van der Waals surface area contributed by atoms with Crippen molar-refractivity contribution in [3.05, 3.63) is 28.8 Å². The summed E-state index contributed by atoms with van der Waals surface area (Å²) in [7, 11) is 0. The predicted octanol–water partition coefficient (Wildman–Crippen LogP) is 1.52. The molecule has 0 spiro atoms. The van der Waals surface area contributed by atoms with Crippen LogP contribution < -0.4 is 0 Å². The predicted molar refractivity (Wildman–Crippen MR) is 69.1 cm³/mol. The van der Waals surface area contributed by atoms with E-state index in [1.165, 1.54) is 11.0 Å². The first-order valence-corrected chi connectivity index (χ1v) is 6.33. The molecule has 2 rings (SSSR count). The van der Waals surface area contributed by atoms with Gasteiger partial charge in [0.1, 0.15) is 5.75 Å². The van der Waals surface area contributed by atoms with Gasteiger partial charge in [0.05, 0.1) is 5.92 Å². The molecule has 5 nitrogen and oxygen atoms in total. The summed E-state index contributed by atoms with van der Waals surface area (Å²) in [5.41, 5.74) is 0.652. The summed E-state index contributed by atoms with van der Waals surface area (Å²) in [6, 6.07) is 4.73. The molecule has 6 heteroatoms. The van der Waals surface area contributed by atoms with E-state index in [9.17, 15) is 14.7 Å². The van der Waals surface area contributed by atoms with Crippen LogP contribution in [0.3, 0.4) is 0 Å². The number of phenols is 1. The summed E-state index contributed by atoms with van der Waals surface area (Å²) < 4.78 is 0. The SMILES string of the molecule is O=C(O)C1CC(=O)N(CCc2cc(Cl)ccc2O)C1. The Morgan fingerprint density at radius 3 is 2.84 bits per heavy atom. The summed E-state index contributed by atoms with van der Waals surface area (Å²) in [5.74, 6) is -1.60. The van der Waals surface area contributed by atoms with Crippen LogP contribution >= 0.6 is 11.6 Å². The number of amides is 1. The van der Waals surface area contributed by atoms with E-state index in [0.29, 0.717) is 23.6 Å². The number of rotatable bonds is 4. The van der Waals surface area contributed by atoms with Gasteiger partial charge in [-0.25, -0.2) is 0 Å². The molecule has 0 saturated carbocycles. The van der Waals surface area contributed by atoms with Gasteiger partial charge in [0.25, 0.3) is 0 Å². The number of carbonyl (C=O) groups is 2. The van der Waals surface area contributed by atoms with Crippen LogP contribution in [-0.4, -0.2) is 40.1 Å². The number of aliphatic carboxylic acids is 1. The van der Waals surface area contributed by atoms with Crippen LogP contribution in [0.5, 0.6) is 5.75 Å². The Labute approximate surface area is 115 Å². The maximum absolute atomic E-state index is 11.6. The number of nitrogens with zero attached hydrogens (tertiary/aromatic N) is 1. The fourth-order valence-corrected chi connectivity index (χ4v) is 2.36. The highest BCUT2D eigenvalue weighted by molar-refractivity contribution is 6.30. The van der Waals surface area contributed by atoms with Crippen molar-refractivity contribution in [2.75, 3.05) is 13.1 Å². The summed E-state index contributed by atoms with van der Waals surface area (Å²) in [4.78, 5) is 24.0. The van der Waals surface area contributed by atoms with E-state index >= 15 is 0 Å². The van der Waals surface area contributed by atoms with Gasteiger partial charge in [0.2, 0.25) is 5.91 Å². The van der Waals surface area contributed by atoms with E-state index in [4.69, 9.17) is 16.7 Å². The number of hydrogen-bond donors (Lipinski definition) is 2. The highest BCUT2D eigenvalue weighted by atomic mass is 35.5. The molecule has 0 aromatic heterocycles. The van der Waals surface area contributed by atoms with Crippen LogP contribution in [0.25, 0.3) is 0 Å². The lowest BCUT2D eigenvalue weighted by Gasteiger charge is -2.16. The second-order valence-corrected chi connectivity index (χ2v) is 5.04. The van der Waals surface area contributed by atoms with Crippen LogP contribution in [0.1, 0.15) is 12.0 Å². The van der Waals surface area contributed by atoms with Gasteiger partial charge in [-0.1, -0.05) is 11.6 Å². The number of phenolic OH excluding ortho intramolecular Hbond substituents is 1. The number of likely N-dealkylation sites (tertiary alicyclic amines) is 1. The quantitative estimate of drug-likeness (QED) is 0.878. The molecule has 0 radical (unpaired) electrons. The van der Waals surface area contributed by atoms with Crippen LogP contribution in [0.4, 0.5) is 0 Å². The average Bonchev–Trinajstić information content (AvgIpc) is 2.72. The van der Waals surface area contributed by atoms with Crippen molar-refractivity contribution in [2.24, 2.45) is 5.92 Å². The van der Waals surface area contributed by atoms with Gasteiger partial charge in [-0.3, -0.25) is 9.59 Å². The topological polar surface area (TPSA) is 77.8 Å². The van der Waals surface area contributed by atoms with Crippen molar-refractivity contribution in [3.8, 4) is 5.75 Å². The normalized spacial score (nSPS) is 18.9. The van der Waals surface area contributed by atoms with Crippen LogP contribution in [0.15, 0.2) is 18.2 Å². The highest BCUT2D eigenvalue weighted by Crippen LogP contribution is 2.23. The first-order valence-electron chi connectivity index (χ1n) is 5.95. The number of halogens is 1. The van der Waals surface area contributed by atoms with Crippen molar-refractivity contribution in [3.63, 3.8) is 0 Å². The van der Waals surface area contributed by atoms with Gasteiger partial charge in [-0.15, -0.1) is 0 Å². The fraction of sp³-hybridized carbons (Fsp3) is 0.385. The molecular formula is C13H14ClNO4. The Hall–Kier alpha value is -1.75. The first kappa shape index (κ1) is 13.7. The van der Waals surface area contributed by atoms with E-state index < -0.39 is 11.9 Å². The molecule has 1 unspecified atom stereocenters. The van der Waals surface area contributed by atoms with Gasteiger partial charge in [-0.05, 0) is 30.2 Å². The molecule has 1 aliphatic heterocycles. The lowest BCUT2D eigenvalue weighted by atomic mass is 10.1. The zero-order valence-electron chi connectivity index (χ0n) is 10.2. The monoisotopic (exact) mass is 283 g/mol. The largest absolute Gasteiger partial charge is 0.508 e. The summed E-state index contributed by atoms with van der Waals surface area (Å²) in [6.07, 6.45) is 0.501. The second kappa shape index (κ2) is 5.48. The number of carboxylic acids is 1. The third-order valence-corrected chi connectivity index (χ3v) is 3.49. The Morgan fingerprint density at radius 2 is 2.21 bits per heavy atom. The third kappa shape index (κ3) is 3.17. The summed E-state index contributed by atoms with van der Waals surface area (Å²) in [6.45, 7) is 0.617. The summed E-state index contributed by atoms with van der Waals surface area (Å²) in [5, 5.41) is 19.1. The van der Waals surface area contributed by atoms with E-state index in [-0.39, 0.29) is 24.6 Å². The van der Waals surface area contributed by atoms with Crippen molar-refractivity contribution in [1.82, 2.24) is 4.90 Å². The minimum atomic E-state index is -0.943. The molecule has 1 aromatic rings. The van der Waals surface area contributed by atoms with Gasteiger partial charge < -0.3 is 15.1 Å². The Balaban J connectivity index is 1.97. The molecule has 1 heterocycles. The minimum absolute atomic E-state index is 0.0524. The number of carboxylic acid groups (broad SMARTS) is 1. The zero-order valence-corrected chi connectivity index (χ0v) is 10.9. The van der Waals surface area contributed by atoms with E-state index in [2.05, 4.69) is 0 Å². The van der Waals surface area contributed by atoms with Crippen LogP contribution in [0.2, 0.25) is 5.02 Å². The van der Waals surface area contributed by atoms with Gasteiger partial charge >= 0.3 is 5.97 Å². The lowest BCUT2D eigenvalue weighted by Crippen LogP contribution is -2.28. The van der Waals surface area contributed by atoms with Gasteiger partial charge in [0.15, 0.2) is 0 Å². The average molecular weight is 284 g/mol. The Bertz CT molecular complexity index is 517. The van der Waals surface area contributed by atoms with Gasteiger partial charge in [-0.2, -0.15) is 0 Å². The van der Waals surface area contributed by atoms with E-state index in [1.54, 1.807) is 12.1 Å². The lowest BCUT2D eigenvalue weighted by molar-refractivity contribution is -0.141. The molecule has 1 amide bonds. The molecule has 1 aliphatic rings. The molecule has 19 heavy (non-hydrogen) atoms. The molecule has 1 aromatic carbocycles. The maximum Gasteiger partial charge on any atom is 0.308 e. The summed E-state index contributed by atoms with van der Waals surface area (Å²) >= 11 is 5.84. The minimum Gasteiger partial charge on any atom is -0.508 e. The number of aromatic hydroxyl groups is 1. The molecule has 2 N–H and O–H groups in total. The van der Waals surface area contributed by atoms with Crippen molar-refractivity contribution >= 4 is 23.5 Å². The van der Waals surface area contributed by atoms with Crippen LogP contribution in [-0.2, 0) is 16.0 Å². The van der Waals surface area contributed by atoms with Gasteiger partial charge in [0, 0.05) is 24.5 Å². The van der Waals surface area contributed by atoms with Crippen LogP contribution in [0, 0.1) is 5.92 Å². The Morgan fingerprint density at radius 1 is 1.47 bits per heavy atom. The molecule has 0 aliphatic carbocycles. The molecule has 102 valence electrons. The molecule has 1 fully saturated rings. The van der Waals surface area contributed by atoms with Crippen molar-refractivity contribution < 1.29 is 19.8 Å². The fourth-order valence-electron chi connectivity index (χ4n) is 2.16. The standard InChI is InChI=1S/C13H14ClNO4/c14-10-1-2-11(16)8(5-10)3-4-15-7-9(13(18)19)6-12(15)17/h1-2,5,9,16H,3-4,6-7H2,(H,18,19). The van der Waals surface area contributed by atoms with Crippen molar-refractivity contribution in [2.45, 2.75) is 12.8 Å². The van der Waals surface area contributed by atoms with E-state index in [0.717, 1.165) is 0 Å². The highest BCUT2D eigenvalue weighted by Gasteiger charge is 2.33.